The van der Waals surface area contributed by atoms with Gasteiger partial charge in [-0.2, -0.15) is 0 Å². The van der Waals surface area contributed by atoms with Crippen molar-refractivity contribution in [3.8, 4) is 0 Å². The first kappa shape index (κ1) is 15.9. The van der Waals surface area contributed by atoms with E-state index in [1.165, 1.54) is 0 Å². The van der Waals surface area contributed by atoms with Crippen LogP contribution in [0.4, 0.5) is 5.69 Å². The SMILES string of the molecule is NCCNc1cccc2c1C(=O)N(C1CCC(O)NC1O)C2=O. The second kappa shape index (κ2) is 6.25. The number of aliphatic hydroxyl groups is 2. The van der Waals surface area contributed by atoms with Crippen LogP contribution in [-0.2, 0) is 0 Å². The second-order valence-electron chi connectivity index (χ2n) is 5.70. The normalized spacial score (nSPS) is 27.3. The molecular formula is C15H20N4O4. The standard InChI is InChI=1S/C15H20N4O4/c16-6-7-17-9-3-1-2-8-12(9)15(23)19(14(8)22)10-4-5-11(20)18-13(10)21/h1-3,10-11,13,17-18,20-21H,4-7,16H2. The summed E-state index contributed by atoms with van der Waals surface area (Å²) in [4.78, 5) is 26.4. The van der Waals surface area contributed by atoms with Gasteiger partial charge in [0.2, 0.25) is 0 Å². The highest BCUT2D eigenvalue weighted by atomic mass is 16.3. The number of rotatable bonds is 4. The predicted octanol–water partition coefficient (Wildman–Crippen LogP) is -0.958. The number of nitrogens with one attached hydrogen (secondary N) is 2. The molecule has 124 valence electrons. The van der Waals surface area contributed by atoms with Gasteiger partial charge in [0.05, 0.1) is 17.2 Å². The lowest BCUT2D eigenvalue weighted by atomic mass is 10.0. The highest BCUT2D eigenvalue weighted by molar-refractivity contribution is 6.24. The molecule has 0 aliphatic carbocycles. The minimum absolute atomic E-state index is 0.310. The van der Waals surface area contributed by atoms with E-state index in [1.54, 1.807) is 18.2 Å². The summed E-state index contributed by atoms with van der Waals surface area (Å²) in [5.41, 5.74) is 6.66. The Labute approximate surface area is 133 Å². The van der Waals surface area contributed by atoms with E-state index in [-0.39, 0.29) is 0 Å². The number of aliphatic hydroxyl groups excluding tert-OH is 2. The van der Waals surface area contributed by atoms with E-state index in [9.17, 15) is 19.8 Å². The van der Waals surface area contributed by atoms with E-state index in [2.05, 4.69) is 10.6 Å². The van der Waals surface area contributed by atoms with Crippen molar-refractivity contribution < 1.29 is 19.8 Å². The van der Waals surface area contributed by atoms with Crippen molar-refractivity contribution in [1.82, 2.24) is 10.2 Å². The zero-order valence-electron chi connectivity index (χ0n) is 12.5. The Bertz CT molecular complexity index is 636. The molecule has 3 rings (SSSR count). The lowest BCUT2D eigenvalue weighted by molar-refractivity contribution is -0.0413. The maximum absolute atomic E-state index is 12.7. The van der Waals surface area contributed by atoms with E-state index in [0.717, 1.165) is 4.90 Å². The molecule has 1 aromatic rings. The van der Waals surface area contributed by atoms with Gasteiger partial charge >= 0.3 is 0 Å². The van der Waals surface area contributed by atoms with Gasteiger partial charge in [-0.15, -0.1) is 0 Å². The molecule has 0 radical (unpaired) electrons. The number of fused-ring (bicyclic) bond motifs is 1. The fourth-order valence-electron chi connectivity index (χ4n) is 3.11. The number of imide groups is 1. The smallest absolute Gasteiger partial charge is 0.264 e. The van der Waals surface area contributed by atoms with Crippen molar-refractivity contribution in [3.05, 3.63) is 29.3 Å². The summed E-state index contributed by atoms with van der Waals surface area (Å²) in [6, 6.07) is 4.32. The zero-order chi connectivity index (χ0) is 16.6. The average molecular weight is 320 g/mol. The third-order valence-corrected chi connectivity index (χ3v) is 4.20. The van der Waals surface area contributed by atoms with Gasteiger partial charge in [0.25, 0.3) is 11.8 Å². The van der Waals surface area contributed by atoms with Gasteiger partial charge in [0.15, 0.2) is 0 Å². The lowest BCUT2D eigenvalue weighted by Gasteiger charge is -2.36. The van der Waals surface area contributed by atoms with Crippen LogP contribution in [0.3, 0.4) is 0 Å². The van der Waals surface area contributed by atoms with Crippen molar-refractivity contribution in [1.29, 1.82) is 0 Å². The zero-order valence-corrected chi connectivity index (χ0v) is 12.5. The lowest BCUT2D eigenvalue weighted by Crippen LogP contribution is -2.58. The molecule has 0 saturated carbocycles. The van der Waals surface area contributed by atoms with E-state index in [0.29, 0.717) is 42.7 Å². The van der Waals surface area contributed by atoms with Crippen LogP contribution >= 0.6 is 0 Å². The van der Waals surface area contributed by atoms with E-state index >= 15 is 0 Å². The Morgan fingerprint density at radius 3 is 2.74 bits per heavy atom. The molecule has 0 aromatic heterocycles. The van der Waals surface area contributed by atoms with Gasteiger partial charge in [-0.25, -0.2) is 0 Å². The maximum Gasteiger partial charge on any atom is 0.264 e. The first-order valence-corrected chi connectivity index (χ1v) is 7.61. The molecule has 6 N–H and O–H groups in total. The van der Waals surface area contributed by atoms with Gasteiger partial charge in [-0.1, -0.05) is 6.07 Å². The molecule has 2 aliphatic rings. The monoisotopic (exact) mass is 320 g/mol. The van der Waals surface area contributed by atoms with Crippen molar-refractivity contribution in [2.24, 2.45) is 5.73 Å². The van der Waals surface area contributed by atoms with Crippen LogP contribution in [0.1, 0.15) is 33.6 Å². The number of hydrogen-bond donors (Lipinski definition) is 5. The Balaban J connectivity index is 1.91. The largest absolute Gasteiger partial charge is 0.383 e. The topological polar surface area (TPSA) is 128 Å². The summed E-state index contributed by atoms with van der Waals surface area (Å²) in [6.07, 6.45) is -1.29. The molecular weight excluding hydrogens is 300 g/mol. The van der Waals surface area contributed by atoms with Crippen LogP contribution in [0, 0.1) is 0 Å². The molecule has 23 heavy (non-hydrogen) atoms. The first-order chi connectivity index (χ1) is 11.0. The van der Waals surface area contributed by atoms with Crippen LogP contribution in [0.15, 0.2) is 18.2 Å². The van der Waals surface area contributed by atoms with Crippen molar-refractivity contribution in [2.45, 2.75) is 31.3 Å². The number of carbonyl (C=O) groups excluding carboxylic acids is 2. The summed E-state index contributed by atoms with van der Waals surface area (Å²) >= 11 is 0. The van der Waals surface area contributed by atoms with Gasteiger partial charge in [0.1, 0.15) is 12.5 Å². The van der Waals surface area contributed by atoms with Crippen LogP contribution in [0.5, 0.6) is 0 Å². The second-order valence-corrected chi connectivity index (χ2v) is 5.70. The molecule has 2 aliphatic heterocycles. The molecule has 0 spiro atoms. The third-order valence-electron chi connectivity index (χ3n) is 4.20. The van der Waals surface area contributed by atoms with Gasteiger partial charge in [-0.3, -0.25) is 19.8 Å². The minimum atomic E-state index is -1.15. The van der Waals surface area contributed by atoms with Gasteiger partial charge < -0.3 is 21.3 Å². The summed E-state index contributed by atoms with van der Waals surface area (Å²) in [5, 5.41) is 25.2. The van der Waals surface area contributed by atoms with Crippen LogP contribution < -0.4 is 16.4 Å². The number of anilines is 1. The summed E-state index contributed by atoms with van der Waals surface area (Å²) in [7, 11) is 0. The number of carbonyl (C=O) groups is 2. The quantitative estimate of drug-likeness (QED) is 0.452. The van der Waals surface area contributed by atoms with Crippen molar-refractivity contribution >= 4 is 17.5 Å². The van der Waals surface area contributed by atoms with E-state index in [4.69, 9.17) is 5.73 Å². The number of amides is 2. The maximum atomic E-state index is 12.7. The average Bonchev–Trinajstić information content (AvgIpc) is 2.78. The van der Waals surface area contributed by atoms with Crippen LogP contribution in [-0.4, -0.2) is 58.5 Å². The van der Waals surface area contributed by atoms with Crippen LogP contribution in [0.25, 0.3) is 0 Å². The summed E-state index contributed by atoms with van der Waals surface area (Å²) in [6.45, 7) is 0.885. The summed E-state index contributed by atoms with van der Waals surface area (Å²) in [5.74, 6) is -0.865. The van der Waals surface area contributed by atoms with Crippen molar-refractivity contribution in [2.75, 3.05) is 18.4 Å². The summed E-state index contributed by atoms with van der Waals surface area (Å²) < 4.78 is 0. The molecule has 8 heteroatoms. The Morgan fingerprint density at radius 2 is 2.04 bits per heavy atom. The molecule has 8 nitrogen and oxygen atoms in total. The molecule has 2 heterocycles. The Morgan fingerprint density at radius 1 is 1.26 bits per heavy atom. The number of nitrogens with zero attached hydrogens (tertiary/aromatic N) is 1. The van der Waals surface area contributed by atoms with E-state index in [1.807, 2.05) is 0 Å². The predicted molar refractivity (Wildman–Crippen MR) is 82.7 cm³/mol. The molecule has 3 unspecified atom stereocenters. The number of nitrogens with two attached hydrogens (primary N) is 1. The van der Waals surface area contributed by atoms with Gasteiger partial charge in [-0.05, 0) is 25.0 Å². The van der Waals surface area contributed by atoms with Crippen LogP contribution in [0.2, 0.25) is 0 Å². The molecule has 2 amide bonds. The Hall–Kier alpha value is -2.00. The third kappa shape index (κ3) is 2.70. The highest BCUT2D eigenvalue weighted by Gasteiger charge is 2.45. The van der Waals surface area contributed by atoms with E-state index < -0.39 is 30.3 Å². The molecule has 3 atom stereocenters. The van der Waals surface area contributed by atoms with Crippen molar-refractivity contribution in [3.63, 3.8) is 0 Å². The first-order valence-electron chi connectivity index (χ1n) is 7.61. The fraction of sp³-hybridized carbons (Fsp3) is 0.467. The van der Waals surface area contributed by atoms with Gasteiger partial charge in [0, 0.05) is 18.8 Å². The molecule has 0 bridgehead atoms. The molecule has 1 aromatic carbocycles. The number of benzene rings is 1. The fourth-order valence-corrected chi connectivity index (χ4v) is 3.11. The Kier molecular flexibility index (Phi) is 4.31. The highest BCUT2D eigenvalue weighted by Crippen LogP contribution is 2.33. The molecule has 1 fully saturated rings. The number of hydrogen-bond acceptors (Lipinski definition) is 7. The minimum Gasteiger partial charge on any atom is -0.383 e. The molecule has 1 saturated heterocycles. The number of piperidine rings is 1.